The Bertz CT molecular complexity index is 749. The lowest BCUT2D eigenvalue weighted by Crippen LogP contribution is -2.43. The molecule has 5 rings (SSSR count). The molecule has 0 radical (unpaired) electrons. The van der Waals surface area contributed by atoms with E-state index in [-0.39, 0.29) is 29.5 Å². The molecule has 132 valence electrons. The minimum atomic E-state index is -0.171. The third-order valence-corrected chi connectivity index (χ3v) is 6.25. The highest BCUT2D eigenvalue weighted by Crippen LogP contribution is 2.56. The van der Waals surface area contributed by atoms with Crippen LogP contribution in [0.3, 0.4) is 0 Å². The Morgan fingerprint density at radius 1 is 1.28 bits per heavy atom. The van der Waals surface area contributed by atoms with Crippen LogP contribution in [0.1, 0.15) is 49.7 Å². The predicted octanol–water partition coefficient (Wildman–Crippen LogP) is 3.70. The summed E-state index contributed by atoms with van der Waals surface area (Å²) >= 11 is 0. The average Bonchev–Trinajstić information content (AvgIpc) is 3.42. The van der Waals surface area contributed by atoms with Gasteiger partial charge in [-0.1, -0.05) is 18.6 Å². The second kappa shape index (κ2) is 5.52. The van der Waals surface area contributed by atoms with Gasteiger partial charge in [-0.15, -0.1) is 0 Å². The number of methoxy groups -OCH3 is 1. The molecule has 4 heteroatoms. The highest BCUT2D eigenvalue weighted by Gasteiger charge is 2.52. The smallest absolute Gasteiger partial charge is 0.309 e. The highest BCUT2D eigenvalue weighted by molar-refractivity contribution is 5.75. The molecule has 0 bridgehead atoms. The number of benzene rings is 1. The van der Waals surface area contributed by atoms with Crippen LogP contribution in [-0.2, 0) is 21.4 Å². The van der Waals surface area contributed by atoms with Crippen LogP contribution in [0.15, 0.2) is 24.3 Å². The van der Waals surface area contributed by atoms with Gasteiger partial charge in [0.05, 0.1) is 18.4 Å². The van der Waals surface area contributed by atoms with Crippen LogP contribution in [0.4, 0.5) is 0 Å². The number of carbonyl (C=O) groups excluding carboxylic acids is 1. The molecular weight excluding hydrogens is 316 g/mol. The van der Waals surface area contributed by atoms with Crippen LogP contribution in [0.2, 0.25) is 0 Å². The molecule has 1 fully saturated rings. The van der Waals surface area contributed by atoms with Crippen molar-refractivity contribution in [1.29, 1.82) is 0 Å². The fourth-order valence-electron chi connectivity index (χ4n) is 4.78. The number of aryl methyl sites for hydroxylation is 1. The van der Waals surface area contributed by atoms with Crippen molar-refractivity contribution >= 4 is 5.97 Å². The van der Waals surface area contributed by atoms with Crippen LogP contribution in [0, 0.1) is 5.92 Å². The first-order chi connectivity index (χ1) is 12.2. The molecular formula is C21H24O4. The summed E-state index contributed by atoms with van der Waals surface area (Å²) in [5, 5.41) is 0. The molecule has 1 heterocycles. The summed E-state index contributed by atoms with van der Waals surface area (Å²) in [7, 11) is 1.70. The molecule has 3 atom stereocenters. The molecule has 0 amide bonds. The second-order valence-corrected chi connectivity index (χ2v) is 7.83. The zero-order valence-electron chi connectivity index (χ0n) is 14.6. The Morgan fingerprint density at radius 3 is 2.96 bits per heavy atom. The Hall–Kier alpha value is -1.97. The SMILES string of the molecule is COc1ccc2c3c1OC1C[C@@H](OC(=O)C4CC4)C=C[C@@]31CCCC2. The normalized spacial score (nSPS) is 32.2. The Balaban J connectivity index is 1.52. The van der Waals surface area contributed by atoms with E-state index in [1.807, 2.05) is 6.07 Å². The molecule has 1 saturated carbocycles. The van der Waals surface area contributed by atoms with Gasteiger partial charge in [0.2, 0.25) is 0 Å². The first kappa shape index (κ1) is 15.3. The van der Waals surface area contributed by atoms with E-state index in [1.165, 1.54) is 24.0 Å². The molecule has 3 aliphatic carbocycles. The minimum absolute atomic E-state index is 0.0256. The summed E-state index contributed by atoms with van der Waals surface area (Å²) < 4.78 is 17.7. The molecule has 1 aromatic rings. The van der Waals surface area contributed by atoms with Gasteiger partial charge in [-0.05, 0) is 49.8 Å². The summed E-state index contributed by atoms with van der Waals surface area (Å²) in [4.78, 5) is 12.0. The summed E-state index contributed by atoms with van der Waals surface area (Å²) in [5.74, 6) is 1.82. The standard InChI is InChI=1S/C21H24O4/c1-23-16-8-7-13-4-2-3-10-21-11-9-15(24-20(22)14-5-6-14)12-17(21)25-19(16)18(13)21/h7-9,11,14-15,17H,2-6,10,12H2,1H3/t15-,17?,21+/m0/s1. The van der Waals surface area contributed by atoms with E-state index in [0.717, 1.165) is 43.6 Å². The largest absolute Gasteiger partial charge is 0.493 e. The number of ether oxygens (including phenoxy) is 3. The average molecular weight is 340 g/mol. The fraction of sp³-hybridized carbons (Fsp3) is 0.571. The van der Waals surface area contributed by atoms with E-state index in [1.54, 1.807) is 7.11 Å². The van der Waals surface area contributed by atoms with Crippen molar-refractivity contribution in [2.75, 3.05) is 7.11 Å². The first-order valence-electron chi connectivity index (χ1n) is 9.48. The van der Waals surface area contributed by atoms with Crippen molar-refractivity contribution in [2.45, 2.75) is 62.6 Å². The number of hydrogen-bond donors (Lipinski definition) is 0. The quantitative estimate of drug-likeness (QED) is 0.622. The summed E-state index contributed by atoms with van der Waals surface area (Å²) in [6.45, 7) is 0. The zero-order chi connectivity index (χ0) is 17.0. The van der Waals surface area contributed by atoms with Gasteiger partial charge in [-0.3, -0.25) is 4.79 Å². The van der Waals surface area contributed by atoms with Gasteiger partial charge in [-0.2, -0.15) is 0 Å². The van der Waals surface area contributed by atoms with E-state index in [2.05, 4.69) is 18.2 Å². The second-order valence-electron chi connectivity index (χ2n) is 7.83. The van der Waals surface area contributed by atoms with Gasteiger partial charge in [0, 0.05) is 12.0 Å². The van der Waals surface area contributed by atoms with Gasteiger partial charge < -0.3 is 14.2 Å². The monoisotopic (exact) mass is 340 g/mol. The van der Waals surface area contributed by atoms with E-state index >= 15 is 0 Å². The third-order valence-electron chi connectivity index (χ3n) is 6.25. The number of rotatable bonds is 3. The maximum atomic E-state index is 12.0. The number of hydrogen-bond acceptors (Lipinski definition) is 4. The lowest BCUT2D eigenvalue weighted by atomic mass is 9.69. The fourth-order valence-corrected chi connectivity index (χ4v) is 4.78. The molecule has 1 aromatic carbocycles. The predicted molar refractivity (Wildman–Crippen MR) is 93.0 cm³/mol. The number of carbonyl (C=O) groups is 1. The summed E-state index contributed by atoms with van der Waals surface area (Å²) in [6.07, 6.45) is 11.5. The van der Waals surface area contributed by atoms with Gasteiger partial charge in [0.25, 0.3) is 0 Å². The van der Waals surface area contributed by atoms with Gasteiger partial charge in [0.15, 0.2) is 11.5 Å². The molecule has 0 saturated heterocycles. The lowest BCUT2D eigenvalue weighted by molar-refractivity contribution is -0.149. The summed E-state index contributed by atoms with van der Waals surface area (Å²) in [5.41, 5.74) is 2.62. The van der Waals surface area contributed by atoms with Crippen LogP contribution in [0.25, 0.3) is 0 Å². The van der Waals surface area contributed by atoms with Crippen molar-refractivity contribution in [3.8, 4) is 11.5 Å². The first-order valence-corrected chi connectivity index (χ1v) is 9.48. The van der Waals surface area contributed by atoms with Gasteiger partial charge >= 0.3 is 5.97 Å². The van der Waals surface area contributed by atoms with E-state index in [0.29, 0.717) is 0 Å². The minimum Gasteiger partial charge on any atom is -0.493 e. The number of esters is 1. The van der Waals surface area contributed by atoms with Crippen molar-refractivity contribution in [3.05, 3.63) is 35.4 Å². The van der Waals surface area contributed by atoms with Crippen LogP contribution in [-0.4, -0.2) is 25.3 Å². The Kier molecular flexibility index (Phi) is 3.37. The molecule has 0 N–H and O–H groups in total. The maximum absolute atomic E-state index is 12.0. The summed E-state index contributed by atoms with van der Waals surface area (Å²) in [6, 6.07) is 4.22. The third kappa shape index (κ3) is 2.30. The van der Waals surface area contributed by atoms with Crippen LogP contribution in [0.5, 0.6) is 11.5 Å². The van der Waals surface area contributed by atoms with Crippen molar-refractivity contribution < 1.29 is 19.0 Å². The molecule has 1 spiro atoms. The lowest BCUT2D eigenvalue weighted by Gasteiger charge is -2.36. The van der Waals surface area contributed by atoms with Crippen molar-refractivity contribution in [3.63, 3.8) is 0 Å². The maximum Gasteiger partial charge on any atom is 0.309 e. The molecule has 0 aromatic heterocycles. The van der Waals surface area contributed by atoms with Gasteiger partial charge in [0.1, 0.15) is 12.2 Å². The molecule has 25 heavy (non-hydrogen) atoms. The van der Waals surface area contributed by atoms with Crippen molar-refractivity contribution in [1.82, 2.24) is 0 Å². The van der Waals surface area contributed by atoms with E-state index in [4.69, 9.17) is 14.2 Å². The molecule has 4 nitrogen and oxygen atoms in total. The zero-order valence-corrected chi connectivity index (χ0v) is 14.6. The molecule has 4 aliphatic rings. The van der Waals surface area contributed by atoms with E-state index < -0.39 is 0 Å². The van der Waals surface area contributed by atoms with Crippen LogP contribution < -0.4 is 9.47 Å². The van der Waals surface area contributed by atoms with E-state index in [9.17, 15) is 4.79 Å². The highest BCUT2D eigenvalue weighted by atomic mass is 16.6. The topological polar surface area (TPSA) is 44.8 Å². The van der Waals surface area contributed by atoms with Crippen molar-refractivity contribution in [2.24, 2.45) is 5.92 Å². The Labute approximate surface area is 148 Å². The van der Waals surface area contributed by atoms with Crippen LogP contribution >= 0.6 is 0 Å². The Morgan fingerprint density at radius 2 is 2.16 bits per heavy atom. The molecule has 1 aliphatic heterocycles. The molecule has 1 unspecified atom stereocenters. The van der Waals surface area contributed by atoms with Gasteiger partial charge in [-0.25, -0.2) is 0 Å².